The van der Waals surface area contributed by atoms with Gasteiger partial charge in [-0.1, -0.05) is 0 Å². The first-order valence-corrected chi connectivity index (χ1v) is 5.05. The molecule has 0 atom stereocenters. The molecule has 0 spiro atoms. The number of ether oxygens (including phenoxy) is 1. The summed E-state index contributed by atoms with van der Waals surface area (Å²) < 4.78 is 178. The molecule has 1 aliphatic heterocycles. The van der Waals surface area contributed by atoms with Crippen LogP contribution in [-0.2, 0) is 4.74 Å². The van der Waals surface area contributed by atoms with E-state index in [0.29, 0.717) is 0 Å². The molecule has 1 rings (SSSR count). The summed E-state index contributed by atoms with van der Waals surface area (Å²) in [5.41, 5.74) is 0. The van der Waals surface area contributed by atoms with Gasteiger partial charge in [0.2, 0.25) is 0 Å². The molecule has 0 unspecified atom stereocenters. The molecule has 0 bridgehead atoms. The Morgan fingerprint density at radius 1 is 0.750 bits per heavy atom. The molecular formula is C8HF14NO. The predicted octanol–water partition coefficient (Wildman–Crippen LogP) is 4.70. The second-order valence-electron chi connectivity index (χ2n) is 4.14. The smallest absolute Gasteiger partial charge is 0.242 e. The second kappa shape index (κ2) is 5.01. The second-order valence-corrected chi connectivity index (χ2v) is 4.14. The molecule has 0 amide bonds. The fourth-order valence-electron chi connectivity index (χ4n) is 1.23. The van der Waals surface area contributed by atoms with E-state index in [0.717, 1.165) is 0 Å². The number of rotatable bonds is 2. The van der Waals surface area contributed by atoms with Crippen LogP contribution in [0.15, 0.2) is 12.0 Å². The van der Waals surface area contributed by atoms with Gasteiger partial charge in [0, 0.05) is 6.20 Å². The van der Waals surface area contributed by atoms with Crippen LogP contribution in [0.5, 0.6) is 0 Å². The Morgan fingerprint density at radius 2 is 1.08 bits per heavy atom. The van der Waals surface area contributed by atoms with Gasteiger partial charge in [-0.15, -0.1) is 0 Å². The molecule has 1 fully saturated rings. The summed E-state index contributed by atoms with van der Waals surface area (Å²) in [6, 6.07) is -13.2. The zero-order valence-electron chi connectivity index (χ0n) is 10.2. The highest BCUT2D eigenvalue weighted by Crippen LogP contribution is 2.56. The lowest BCUT2D eigenvalue weighted by molar-refractivity contribution is -0.555. The molecule has 2 nitrogen and oxygen atoms in total. The molecule has 0 aromatic rings. The summed E-state index contributed by atoms with van der Waals surface area (Å²) in [5.74, 6) is -10.9. The zero-order valence-corrected chi connectivity index (χ0v) is 10.2. The van der Waals surface area contributed by atoms with Gasteiger partial charge in [-0.3, -0.25) is 0 Å². The highest BCUT2D eigenvalue weighted by atomic mass is 19.4. The minimum atomic E-state index is -6.87. The van der Waals surface area contributed by atoms with Crippen LogP contribution in [0.1, 0.15) is 0 Å². The maximum atomic E-state index is 13.0. The van der Waals surface area contributed by atoms with E-state index >= 15 is 0 Å². The number of hydrogen-bond donors (Lipinski definition) is 0. The normalized spacial score (nSPS) is 26.4. The average molecular weight is 393 g/mol. The van der Waals surface area contributed by atoms with Crippen LogP contribution in [0, 0.1) is 0 Å². The minimum absolute atomic E-state index is 1.89. The summed E-state index contributed by atoms with van der Waals surface area (Å²) in [5, 5.41) is 0. The third-order valence-electron chi connectivity index (χ3n) is 2.46. The first kappa shape index (κ1) is 20.6. The Hall–Kier alpha value is -1.48. The number of alkyl halides is 13. The number of halogens is 14. The number of hydrogen-bond acceptors (Lipinski definition) is 2. The van der Waals surface area contributed by atoms with E-state index in [1.165, 1.54) is 0 Å². The van der Waals surface area contributed by atoms with Gasteiger partial charge in [0.05, 0.1) is 0 Å². The van der Waals surface area contributed by atoms with E-state index in [1.54, 1.807) is 0 Å². The van der Waals surface area contributed by atoms with E-state index in [-0.39, 0.29) is 0 Å². The Balaban J connectivity index is 3.55. The molecule has 0 saturated carbocycles. The van der Waals surface area contributed by atoms with Crippen LogP contribution in [0.2, 0.25) is 0 Å². The first-order chi connectivity index (χ1) is 10.2. The molecular weight excluding hydrogens is 392 g/mol. The molecule has 1 heterocycles. The van der Waals surface area contributed by atoms with E-state index in [1.807, 2.05) is 4.74 Å². The molecule has 16 heteroatoms. The molecule has 1 saturated heterocycles. The third kappa shape index (κ3) is 2.73. The van der Waals surface area contributed by atoms with Crippen molar-refractivity contribution >= 4 is 0 Å². The van der Waals surface area contributed by atoms with Crippen LogP contribution in [0.3, 0.4) is 0 Å². The fourth-order valence-corrected chi connectivity index (χ4v) is 1.23. The Kier molecular flexibility index (Phi) is 4.29. The maximum Gasteiger partial charge on any atom is 0.460 e. The van der Waals surface area contributed by atoms with Gasteiger partial charge in [-0.2, -0.15) is 57.1 Å². The molecule has 0 aromatic carbocycles. The lowest BCUT2D eigenvalue weighted by Crippen LogP contribution is -2.72. The van der Waals surface area contributed by atoms with Crippen LogP contribution in [0.4, 0.5) is 61.5 Å². The van der Waals surface area contributed by atoms with Gasteiger partial charge >= 0.3 is 36.4 Å². The van der Waals surface area contributed by atoms with E-state index in [2.05, 4.69) is 0 Å². The van der Waals surface area contributed by atoms with Crippen molar-refractivity contribution < 1.29 is 66.2 Å². The van der Waals surface area contributed by atoms with Crippen molar-refractivity contribution in [3.8, 4) is 0 Å². The van der Waals surface area contributed by atoms with Crippen molar-refractivity contribution in [2.75, 3.05) is 0 Å². The van der Waals surface area contributed by atoms with Crippen LogP contribution >= 0.6 is 0 Å². The van der Waals surface area contributed by atoms with Gasteiger partial charge in [-0.25, -0.2) is 14.0 Å². The molecule has 142 valence electrons. The quantitative estimate of drug-likeness (QED) is 0.499. The van der Waals surface area contributed by atoms with Gasteiger partial charge in [0.15, 0.2) is 5.83 Å². The fraction of sp³-hybridized carbons (Fsp3) is 0.750. The lowest BCUT2D eigenvalue weighted by Gasteiger charge is -2.46. The molecule has 0 radical (unpaired) electrons. The van der Waals surface area contributed by atoms with Crippen molar-refractivity contribution in [3.05, 3.63) is 12.0 Å². The first-order valence-electron chi connectivity index (χ1n) is 5.05. The highest BCUT2D eigenvalue weighted by Gasteiger charge is 2.82. The Labute approximate surface area is 121 Å². The van der Waals surface area contributed by atoms with E-state index < -0.39 is 53.3 Å². The van der Waals surface area contributed by atoms with Crippen LogP contribution < -0.4 is 0 Å². The van der Waals surface area contributed by atoms with Crippen molar-refractivity contribution in [2.24, 2.45) is 0 Å². The lowest BCUT2D eigenvalue weighted by atomic mass is 10.2. The summed E-state index contributed by atoms with van der Waals surface area (Å²) >= 11 is 0. The van der Waals surface area contributed by atoms with Crippen LogP contribution in [0.25, 0.3) is 0 Å². The van der Waals surface area contributed by atoms with E-state index in [9.17, 15) is 61.5 Å². The average Bonchev–Trinajstić information content (AvgIpc) is 2.30. The number of nitrogens with zero attached hydrogens (tertiary/aromatic N) is 1. The van der Waals surface area contributed by atoms with Gasteiger partial charge in [0.25, 0.3) is 0 Å². The SMILES string of the molecule is FC(=CN1C(F)(F)C(F)(F)OC(F)(F)C1(F)F)C(F)(F)C(F)(F)F. The molecule has 0 N–H and O–H groups in total. The van der Waals surface area contributed by atoms with Crippen molar-refractivity contribution in [1.29, 1.82) is 0 Å². The van der Waals surface area contributed by atoms with Crippen molar-refractivity contribution in [1.82, 2.24) is 4.90 Å². The highest BCUT2D eigenvalue weighted by molar-refractivity contribution is 5.11. The standard InChI is InChI=1S/C8HF14NO/c9-2(3(10,11)4(12,13)14)1-23-5(15,16)7(19,20)24-8(21,22)6(23,17)18/h1H. The summed E-state index contributed by atoms with van der Waals surface area (Å²) in [6.45, 7) is 0. The van der Waals surface area contributed by atoms with Gasteiger partial charge in [-0.05, 0) is 0 Å². The monoisotopic (exact) mass is 393 g/mol. The topological polar surface area (TPSA) is 12.5 Å². The van der Waals surface area contributed by atoms with Crippen molar-refractivity contribution in [2.45, 2.75) is 36.4 Å². The largest absolute Gasteiger partial charge is 0.460 e. The van der Waals surface area contributed by atoms with Gasteiger partial charge < -0.3 is 0 Å². The number of morpholine rings is 1. The molecule has 1 aliphatic rings. The van der Waals surface area contributed by atoms with E-state index in [4.69, 9.17) is 0 Å². The number of allylic oxidation sites excluding steroid dienone is 1. The third-order valence-corrected chi connectivity index (χ3v) is 2.46. The predicted molar refractivity (Wildman–Crippen MR) is 42.9 cm³/mol. The maximum absolute atomic E-state index is 13.0. The van der Waals surface area contributed by atoms with Crippen molar-refractivity contribution in [3.63, 3.8) is 0 Å². The molecule has 0 aliphatic carbocycles. The molecule has 0 aromatic heterocycles. The summed E-state index contributed by atoms with van der Waals surface area (Å²) in [4.78, 5) is -2.96. The zero-order chi connectivity index (χ0) is 19.6. The summed E-state index contributed by atoms with van der Waals surface area (Å²) in [7, 11) is 0. The summed E-state index contributed by atoms with van der Waals surface area (Å²) in [6.07, 6.45) is -22.0. The van der Waals surface area contributed by atoms with Gasteiger partial charge in [0.1, 0.15) is 0 Å². The Morgan fingerprint density at radius 3 is 1.38 bits per heavy atom. The molecule has 24 heavy (non-hydrogen) atoms. The Bertz CT molecular complexity index is 507. The minimum Gasteiger partial charge on any atom is -0.242 e. The van der Waals surface area contributed by atoms with Crippen LogP contribution in [-0.4, -0.2) is 41.3 Å².